The molecule has 1 aliphatic heterocycles. The van der Waals surface area contributed by atoms with Crippen LogP contribution in [0.15, 0.2) is 35.2 Å². The molecule has 194 valence electrons. The molecule has 2 bridgehead atoms. The summed E-state index contributed by atoms with van der Waals surface area (Å²) in [6, 6.07) is 5.13. The Kier molecular flexibility index (Phi) is 6.38. The third-order valence-corrected chi connectivity index (χ3v) is 11.1. The number of hydroxylamine groups is 2. The van der Waals surface area contributed by atoms with Crippen molar-refractivity contribution in [2.24, 2.45) is 17.8 Å². The first-order valence-corrected chi connectivity index (χ1v) is 13.7. The van der Waals surface area contributed by atoms with Gasteiger partial charge < -0.3 is 5.32 Å². The van der Waals surface area contributed by atoms with Gasteiger partial charge in [0.2, 0.25) is 0 Å². The van der Waals surface area contributed by atoms with Crippen molar-refractivity contribution in [1.82, 2.24) is 5.06 Å². The minimum absolute atomic E-state index is 0.000191. The highest BCUT2D eigenvalue weighted by molar-refractivity contribution is 7.92. The van der Waals surface area contributed by atoms with Gasteiger partial charge in [-0.05, 0) is 55.7 Å². The van der Waals surface area contributed by atoms with Crippen molar-refractivity contribution in [2.75, 3.05) is 19.0 Å². The molecule has 1 amide bonds. The van der Waals surface area contributed by atoms with Gasteiger partial charge in [0.25, 0.3) is 5.91 Å². The molecule has 2 saturated carbocycles. The van der Waals surface area contributed by atoms with Crippen LogP contribution in [-0.2, 0) is 14.7 Å². The van der Waals surface area contributed by atoms with Crippen LogP contribution in [-0.4, -0.2) is 43.8 Å². The van der Waals surface area contributed by atoms with Crippen LogP contribution in [0.2, 0.25) is 5.02 Å². The zero-order chi connectivity index (χ0) is 26.0. The number of fused-ring (bicyclic) bond motifs is 2. The van der Waals surface area contributed by atoms with Gasteiger partial charge in [-0.2, -0.15) is 5.06 Å². The van der Waals surface area contributed by atoms with E-state index < -0.39 is 38.4 Å². The molecule has 6 nitrogen and oxygen atoms in total. The monoisotopic (exact) mass is 542 g/mol. The first-order chi connectivity index (χ1) is 16.9. The van der Waals surface area contributed by atoms with E-state index in [1.807, 2.05) is 12.1 Å². The molecular formula is C25H26ClF3N2O4S. The highest BCUT2D eigenvalue weighted by Crippen LogP contribution is 2.56. The second-order valence-electron chi connectivity index (χ2n) is 10.2. The lowest BCUT2D eigenvalue weighted by atomic mass is 9.69. The number of halogens is 4. The molecule has 1 saturated heterocycles. The van der Waals surface area contributed by atoms with E-state index in [4.69, 9.17) is 16.4 Å². The topological polar surface area (TPSA) is 75.7 Å². The summed E-state index contributed by atoms with van der Waals surface area (Å²) in [4.78, 5) is 18.4. The first-order valence-electron chi connectivity index (χ1n) is 11.8. The van der Waals surface area contributed by atoms with E-state index in [0.717, 1.165) is 12.8 Å². The first kappa shape index (κ1) is 25.5. The molecule has 11 heteroatoms. The molecule has 3 aliphatic rings. The van der Waals surface area contributed by atoms with E-state index in [-0.39, 0.29) is 44.5 Å². The lowest BCUT2D eigenvalue weighted by Crippen LogP contribution is -2.54. The number of nitrogens with zero attached hydrogens (tertiary/aromatic N) is 1. The molecule has 1 spiro atoms. The summed E-state index contributed by atoms with van der Waals surface area (Å²) >= 11 is 6.33. The Bertz CT molecular complexity index is 1290. The Morgan fingerprint density at radius 1 is 1.11 bits per heavy atom. The van der Waals surface area contributed by atoms with E-state index in [9.17, 15) is 26.4 Å². The van der Waals surface area contributed by atoms with E-state index in [1.54, 1.807) is 0 Å². The van der Waals surface area contributed by atoms with E-state index in [1.165, 1.54) is 18.2 Å². The zero-order valence-electron chi connectivity index (χ0n) is 19.7. The Labute approximate surface area is 212 Å². The molecule has 3 fully saturated rings. The third kappa shape index (κ3) is 4.02. The quantitative estimate of drug-likeness (QED) is 0.536. The zero-order valence-corrected chi connectivity index (χ0v) is 21.3. The van der Waals surface area contributed by atoms with Crippen LogP contribution < -0.4 is 5.32 Å². The summed E-state index contributed by atoms with van der Waals surface area (Å²) in [5.41, 5.74) is -0.549. The maximum Gasteiger partial charge on any atom is 0.255 e. The average molecular weight is 543 g/mol. The maximum atomic E-state index is 13.9. The molecular weight excluding hydrogens is 517 g/mol. The van der Waals surface area contributed by atoms with Crippen molar-refractivity contribution in [2.45, 2.75) is 48.3 Å². The highest BCUT2D eigenvalue weighted by Gasteiger charge is 2.59. The summed E-state index contributed by atoms with van der Waals surface area (Å²) < 4.78 is 68.1. The predicted octanol–water partition coefficient (Wildman–Crippen LogP) is 5.22. The molecule has 5 atom stereocenters. The number of rotatable bonds is 4. The van der Waals surface area contributed by atoms with Crippen molar-refractivity contribution < 1.29 is 31.2 Å². The van der Waals surface area contributed by atoms with Crippen LogP contribution in [0.3, 0.4) is 0 Å². The maximum absolute atomic E-state index is 13.9. The largest absolute Gasteiger partial charge is 0.322 e. The van der Waals surface area contributed by atoms with Crippen molar-refractivity contribution >= 4 is 33.0 Å². The number of nitrogens with one attached hydrogen (secondary N) is 1. The number of benzene rings is 2. The SMILES string of the molecule is CC1CON(C)[C@]12CC1CC[C@H](C2)C1S(=O)(=O)c1cc(C(=O)Nc2cc(F)c(F)c(F)c2)ccc1Cl. The second-order valence-corrected chi connectivity index (χ2v) is 12.6. The van der Waals surface area contributed by atoms with Crippen molar-refractivity contribution in [1.29, 1.82) is 0 Å². The Morgan fingerprint density at radius 3 is 2.28 bits per heavy atom. The summed E-state index contributed by atoms with van der Waals surface area (Å²) in [6.07, 6.45) is 2.97. The number of sulfone groups is 1. The Morgan fingerprint density at radius 2 is 1.72 bits per heavy atom. The van der Waals surface area contributed by atoms with E-state index in [2.05, 4.69) is 12.2 Å². The predicted molar refractivity (Wildman–Crippen MR) is 128 cm³/mol. The van der Waals surface area contributed by atoms with Gasteiger partial charge in [-0.3, -0.25) is 9.63 Å². The Hall–Kier alpha value is -2.14. The number of anilines is 1. The fourth-order valence-corrected chi connectivity index (χ4v) is 9.24. The van der Waals surface area contributed by atoms with Crippen LogP contribution in [0, 0.1) is 35.2 Å². The highest BCUT2D eigenvalue weighted by atomic mass is 35.5. The summed E-state index contributed by atoms with van der Waals surface area (Å²) in [6.45, 7) is 2.74. The number of carbonyl (C=O) groups excluding carboxylic acids is 1. The molecule has 2 aromatic carbocycles. The van der Waals surface area contributed by atoms with Gasteiger partial charge in [-0.15, -0.1) is 0 Å². The standard InChI is InChI=1S/C25H26ClF3N2O4S/c1-13-12-35-31(2)25(13)10-15-3-4-16(11-25)23(15)36(33,34)21-7-14(5-6-18(21)26)24(32)30-17-8-19(27)22(29)20(28)9-17/h5-9,13,15-16,23H,3-4,10-12H2,1-2H3,(H,30,32)/t13?,15-,16?,23?,25-/m1/s1. The van der Waals surface area contributed by atoms with Crippen molar-refractivity contribution in [3.63, 3.8) is 0 Å². The molecule has 36 heavy (non-hydrogen) atoms. The van der Waals surface area contributed by atoms with Gasteiger partial charge in [-0.1, -0.05) is 18.5 Å². The lowest BCUT2D eigenvalue weighted by Gasteiger charge is -2.46. The number of amides is 1. The van der Waals surface area contributed by atoms with Gasteiger partial charge in [0, 0.05) is 36.3 Å². The minimum atomic E-state index is -3.90. The lowest BCUT2D eigenvalue weighted by molar-refractivity contribution is -0.157. The molecule has 1 heterocycles. The smallest absolute Gasteiger partial charge is 0.255 e. The number of hydrogen-bond acceptors (Lipinski definition) is 5. The molecule has 3 unspecified atom stereocenters. The van der Waals surface area contributed by atoms with Crippen LogP contribution >= 0.6 is 11.6 Å². The van der Waals surface area contributed by atoms with Gasteiger partial charge in [0.1, 0.15) is 0 Å². The van der Waals surface area contributed by atoms with Gasteiger partial charge in [0.05, 0.1) is 27.3 Å². The second kappa shape index (κ2) is 9.01. The van der Waals surface area contributed by atoms with Crippen molar-refractivity contribution in [3.8, 4) is 0 Å². The van der Waals surface area contributed by atoms with Crippen LogP contribution in [0.1, 0.15) is 43.0 Å². The summed E-state index contributed by atoms with van der Waals surface area (Å²) in [5.74, 6) is -5.23. The Balaban J connectivity index is 1.43. The van der Waals surface area contributed by atoms with Crippen LogP contribution in [0.25, 0.3) is 0 Å². The van der Waals surface area contributed by atoms with Crippen LogP contribution in [0.4, 0.5) is 18.9 Å². The third-order valence-electron chi connectivity index (χ3n) is 8.23. The fraction of sp³-hybridized carbons (Fsp3) is 0.480. The van der Waals surface area contributed by atoms with Crippen LogP contribution in [0.5, 0.6) is 0 Å². The molecule has 5 rings (SSSR count). The van der Waals surface area contributed by atoms with Crippen molar-refractivity contribution in [3.05, 3.63) is 58.4 Å². The minimum Gasteiger partial charge on any atom is -0.322 e. The van der Waals surface area contributed by atoms with Gasteiger partial charge in [0.15, 0.2) is 27.3 Å². The molecule has 2 aromatic rings. The molecule has 0 aromatic heterocycles. The van der Waals surface area contributed by atoms with E-state index >= 15 is 0 Å². The number of carbonyl (C=O) groups is 1. The summed E-state index contributed by atoms with van der Waals surface area (Å²) in [7, 11) is -1.99. The fourth-order valence-electron chi connectivity index (χ4n) is 6.39. The molecule has 2 aliphatic carbocycles. The summed E-state index contributed by atoms with van der Waals surface area (Å²) in [5, 5.41) is 3.56. The van der Waals surface area contributed by atoms with Gasteiger partial charge >= 0.3 is 0 Å². The van der Waals surface area contributed by atoms with Gasteiger partial charge in [-0.25, -0.2) is 21.6 Å². The van der Waals surface area contributed by atoms with E-state index in [0.29, 0.717) is 31.6 Å². The molecule has 1 N–H and O–H groups in total. The number of hydrogen-bond donors (Lipinski definition) is 1. The normalized spacial score (nSPS) is 30.2. The molecule has 0 radical (unpaired) electrons. The average Bonchev–Trinajstić information content (AvgIpc) is 3.25.